The zero-order valence-electron chi connectivity index (χ0n) is 25.6. The van der Waals surface area contributed by atoms with Gasteiger partial charge in [0.05, 0.1) is 35.2 Å². The molecule has 242 valence electrons. The van der Waals surface area contributed by atoms with Gasteiger partial charge in [-0.15, -0.1) is 0 Å². The molecule has 0 radical (unpaired) electrons. The van der Waals surface area contributed by atoms with Gasteiger partial charge in [-0.3, -0.25) is 4.21 Å². The maximum Gasteiger partial charge on any atom is 0.387 e. The molecule has 45 heavy (non-hydrogen) atoms. The first kappa shape index (κ1) is 35.4. The number of hydrogen-bond acceptors (Lipinski definition) is 7. The number of allylic oxidation sites excluding steroid dienone is 4. The Bertz CT molecular complexity index is 1440. The van der Waals surface area contributed by atoms with E-state index in [1.165, 1.54) is 18.2 Å². The summed E-state index contributed by atoms with van der Waals surface area (Å²) in [4.78, 5) is 4.80. The molecule has 0 bridgehead atoms. The van der Waals surface area contributed by atoms with Gasteiger partial charge in [-0.2, -0.15) is 8.78 Å². The molecule has 8 nitrogen and oxygen atoms in total. The van der Waals surface area contributed by atoms with Gasteiger partial charge in [0, 0.05) is 35.5 Å². The zero-order chi connectivity index (χ0) is 32.4. The fourth-order valence-electron chi connectivity index (χ4n) is 4.12. The standard InChI is InChI=1S/C34H41F2N3O5S/c1-4-19-39-25-37-23-29(39)24-45(41)31-16-12-28(13-17-31)38-33(40)18-11-27(32(6-3)44-34(35)36)10-7-26-8-14-30(15-9-26)43-22-21-42-20-5-2/h6-18,23,25,33-34,38,40H,3-5,19-22,24H2,1-2H3/b10-7+,18-11+,32-27-. The van der Waals surface area contributed by atoms with Gasteiger partial charge in [-0.25, -0.2) is 4.98 Å². The monoisotopic (exact) mass is 641 g/mol. The molecular weight excluding hydrogens is 600 g/mol. The summed E-state index contributed by atoms with van der Waals surface area (Å²) in [5, 5.41) is 13.5. The number of aliphatic hydroxyl groups is 1. The number of alkyl halides is 2. The number of benzene rings is 2. The summed E-state index contributed by atoms with van der Waals surface area (Å²) in [5.74, 6) is 0.881. The van der Waals surface area contributed by atoms with Crippen LogP contribution in [0.4, 0.5) is 14.5 Å². The smallest absolute Gasteiger partial charge is 0.387 e. The first-order chi connectivity index (χ1) is 21.8. The molecule has 0 amide bonds. The van der Waals surface area contributed by atoms with E-state index in [1.807, 2.05) is 23.6 Å². The number of halogens is 2. The Balaban J connectivity index is 1.64. The van der Waals surface area contributed by atoms with Crippen molar-refractivity contribution in [3.63, 3.8) is 0 Å². The van der Waals surface area contributed by atoms with Crippen LogP contribution < -0.4 is 10.1 Å². The normalized spacial score (nSPS) is 13.6. The van der Waals surface area contributed by atoms with Crippen LogP contribution in [0.2, 0.25) is 0 Å². The number of nitrogens with one attached hydrogen (secondary N) is 1. The molecule has 3 rings (SSSR count). The third-order valence-corrected chi connectivity index (χ3v) is 7.65. The van der Waals surface area contributed by atoms with Crippen LogP contribution in [0.25, 0.3) is 6.08 Å². The SMILES string of the molecule is C=C/C(OC(F)F)=C(\C=C\c1ccc(OCCOCCC)cc1)/C=C/C(O)Nc1ccc(S(=O)Cc2cncn2CCC)cc1. The van der Waals surface area contributed by atoms with Gasteiger partial charge >= 0.3 is 6.61 Å². The van der Waals surface area contributed by atoms with Gasteiger partial charge < -0.3 is 29.2 Å². The largest absolute Gasteiger partial charge is 0.491 e. The first-order valence-corrected chi connectivity index (χ1v) is 16.0. The highest BCUT2D eigenvalue weighted by atomic mass is 32.2. The van der Waals surface area contributed by atoms with Crippen molar-refractivity contribution in [2.45, 2.75) is 56.7 Å². The second-order valence-corrected chi connectivity index (χ2v) is 11.3. The number of anilines is 1. The number of ether oxygens (including phenoxy) is 3. The van der Waals surface area contributed by atoms with Gasteiger partial charge in [0.2, 0.25) is 0 Å². The van der Waals surface area contributed by atoms with Crippen LogP contribution in [-0.4, -0.2) is 51.5 Å². The maximum absolute atomic E-state index is 13.1. The van der Waals surface area contributed by atoms with E-state index in [-0.39, 0.29) is 11.3 Å². The summed E-state index contributed by atoms with van der Waals surface area (Å²) < 4.78 is 56.8. The van der Waals surface area contributed by atoms with Gasteiger partial charge in [0.15, 0.2) is 0 Å². The summed E-state index contributed by atoms with van der Waals surface area (Å²) in [6.45, 7) is 7.10. The highest BCUT2D eigenvalue weighted by molar-refractivity contribution is 7.84. The lowest BCUT2D eigenvalue weighted by molar-refractivity contribution is -0.0924. The van der Waals surface area contributed by atoms with Crippen molar-refractivity contribution in [1.29, 1.82) is 0 Å². The molecule has 1 heterocycles. The number of aliphatic hydroxyl groups excluding tert-OH is 1. The van der Waals surface area contributed by atoms with Crippen molar-refractivity contribution < 1.29 is 32.3 Å². The van der Waals surface area contributed by atoms with Crippen LogP contribution in [0.5, 0.6) is 5.75 Å². The predicted octanol–water partition coefficient (Wildman–Crippen LogP) is 7.09. The highest BCUT2D eigenvalue weighted by Crippen LogP contribution is 2.20. The molecule has 0 spiro atoms. The van der Waals surface area contributed by atoms with Crippen LogP contribution >= 0.6 is 0 Å². The first-order valence-electron chi connectivity index (χ1n) is 14.7. The Kier molecular flexibility index (Phi) is 15.2. The zero-order valence-corrected chi connectivity index (χ0v) is 26.4. The van der Waals surface area contributed by atoms with Crippen molar-refractivity contribution in [3.8, 4) is 5.75 Å². The summed E-state index contributed by atoms with van der Waals surface area (Å²) in [7, 11) is -1.27. The molecule has 2 aromatic carbocycles. The van der Waals surface area contributed by atoms with Crippen LogP contribution in [0.3, 0.4) is 0 Å². The van der Waals surface area contributed by atoms with Crippen LogP contribution in [-0.2, 0) is 32.6 Å². The van der Waals surface area contributed by atoms with Gasteiger partial charge in [0.25, 0.3) is 0 Å². The minimum Gasteiger partial charge on any atom is -0.491 e. The van der Waals surface area contributed by atoms with Crippen LogP contribution in [0, 0.1) is 0 Å². The molecule has 0 aliphatic carbocycles. The second-order valence-electron chi connectivity index (χ2n) is 9.81. The Morgan fingerprint density at radius 1 is 1.07 bits per heavy atom. The average Bonchev–Trinajstić information content (AvgIpc) is 3.47. The molecule has 0 saturated heterocycles. The van der Waals surface area contributed by atoms with Crippen molar-refractivity contribution in [2.24, 2.45) is 0 Å². The van der Waals surface area contributed by atoms with Gasteiger partial charge in [0.1, 0.15) is 24.3 Å². The number of imidazole rings is 1. The predicted molar refractivity (Wildman–Crippen MR) is 174 cm³/mol. The van der Waals surface area contributed by atoms with Crippen LogP contribution in [0.15, 0.2) is 108 Å². The second kappa shape index (κ2) is 19.4. The molecular formula is C34H41F2N3O5S. The number of nitrogens with zero attached hydrogens (tertiary/aromatic N) is 2. The van der Waals surface area contributed by atoms with E-state index in [0.29, 0.717) is 41.9 Å². The lowest BCUT2D eigenvalue weighted by atomic mass is 10.1. The topological polar surface area (TPSA) is 94.8 Å². The molecule has 0 saturated carbocycles. The van der Waals surface area contributed by atoms with E-state index in [4.69, 9.17) is 9.47 Å². The highest BCUT2D eigenvalue weighted by Gasteiger charge is 2.11. The van der Waals surface area contributed by atoms with Crippen molar-refractivity contribution in [3.05, 3.63) is 115 Å². The lowest BCUT2D eigenvalue weighted by Crippen LogP contribution is -2.15. The summed E-state index contributed by atoms with van der Waals surface area (Å²) in [6.07, 6.45) is 11.6. The van der Waals surface area contributed by atoms with Crippen molar-refractivity contribution in [2.75, 3.05) is 25.1 Å². The molecule has 0 aliphatic rings. The number of hydrogen-bond donors (Lipinski definition) is 2. The average molecular weight is 642 g/mol. The lowest BCUT2D eigenvalue weighted by Gasteiger charge is -2.12. The fourth-order valence-corrected chi connectivity index (χ4v) is 5.24. The maximum atomic E-state index is 13.1. The Labute approximate surface area is 266 Å². The molecule has 3 aromatic rings. The van der Waals surface area contributed by atoms with Crippen molar-refractivity contribution in [1.82, 2.24) is 9.55 Å². The van der Waals surface area contributed by atoms with Gasteiger partial charge in [-0.1, -0.05) is 50.8 Å². The van der Waals surface area contributed by atoms with Gasteiger partial charge in [-0.05, 0) is 67.0 Å². The Morgan fingerprint density at radius 3 is 2.49 bits per heavy atom. The number of aromatic nitrogens is 2. The number of aryl methyl sites for hydroxylation is 1. The van der Waals surface area contributed by atoms with E-state index >= 15 is 0 Å². The Hall–Kier alpha value is -4.06. The molecule has 0 aliphatic heterocycles. The third-order valence-electron chi connectivity index (χ3n) is 6.30. The van der Waals surface area contributed by atoms with E-state index < -0.39 is 23.6 Å². The summed E-state index contributed by atoms with van der Waals surface area (Å²) in [5.41, 5.74) is 2.55. The molecule has 0 fully saturated rings. The molecule has 2 N–H and O–H groups in total. The van der Waals surface area contributed by atoms with E-state index in [0.717, 1.165) is 30.6 Å². The van der Waals surface area contributed by atoms with Crippen molar-refractivity contribution >= 4 is 22.6 Å². The molecule has 2 atom stereocenters. The third kappa shape index (κ3) is 12.5. The van der Waals surface area contributed by atoms with E-state index in [9.17, 15) is 18.1 Å². The van der Waals surface area contributed by atoms with E-state index in [1.54, 1.807) is 61.1 Å². The molecule has 11 heteroatoms. The Morgan fingerprint density at radius 2 is 1.82 bits per heavy atom. The van der Waals surface area contributed by atoms with Crippen LogP contribution in [0.1, 0.15) is 37.9 Å². The van der Waals surface area contributed by atoms with E-state index in [2.05, 4.69) is 28.5 Å². The minimum absolute atomic E-state index is 0.149. The fraction of sp³-hybridized carbons (Fsp3) is 0.324. The quantitative estimate of drug-likeness (QED) is 0.0589. The summed E-state index contributed by atoms with van der Waals surface area (Å²) in [6, 6.07) is 14.1. The molecule has 1 aromatic heterocycles. The summed E-state index contributed by atoms with van der Waals surface area (Å²) >= 11 is 0. The molecule has 2 unspecified atom stereocenters. The minimum atomic E-state index is -3.05. The number of rotatable bonds is 20.